The zero-order valence-corrected chi connectivity index (χ0v) is 14.7. The first-order valence-corrected chi connectivity index (χ1v) is 8.21. The van der Waals surface area contributed by atoms with Crippen LogP contribution < -0.4 is 10.5 Å². The van der Waals surface area contributed by atoms with Crippen LogP contribution in [0.25, 0.3) is 0 Å². The summed E-state index contributed by atoms with van der Waals surface area (Å²) in [5.74, 6) is -2.57. The molecule has 0 aromatic heterocycles. The largest absolute Gasteiger partial charge is 0.497 e. The summed E-state index contributed by atoms with van der Waals surface area (Å²) in [5, 5.41) is 0. The molecule has 0 aliphatic rings. The summed E-state index contributed by atoms with van der Waals surface area (Å²) in [6.45, 7) is 3.67. The highest BCUT2D eigenvalue weighted by molar-refractivity contribution is 5.97. The number of nitrogens with zero attached hydrogens (tertiary/aromatic N) is 1. The lowest BCUT2D eigenvalue weighted by Gasteiger charge is -2.17. The van der Waals surface area contributed by atoms with E-state index in [-0.39, 0.29) is 5.56 Å². The van der Waals surface area contributed by atoms with Gasteiger partial charge in [-0.25, -0.2) is 0 Å². The van der Waals surface area contributed by atoms with Crippen molar-refractivity contribution in [2.45, 2.75) is 18.8 Å². The van der Waals surface area contributed by atoms with Crippen LogP contribution in [0.3, 0.4) is 0 Å². The fourth-order valence-corrected chi connectivity index (χ4v) is 2.32. The summed E-state index contributed by atoms with van der Waals surface area (Å²) in [4.78, 5) is 4.44. The topological polar surface area (TPSA) is 47.6 Å². The van der Waals surface area contributed by atoms with E-state index >= 15 is 0 Å². The molecule has 5 heteroatoms. The van der Waals surface area contributed by atoms with Crippen LogP contribution in [0, 0.1) is 0 Å². The molecule has 0 saturated heterocycles. The lowest BCUT2D eigenvalue weighted by atomic mass is 10.0. The van der Waals surface area contributed by atoms with Crippen molar-refractivity contribution in [1.29, 1.82) is 0 Å². The Morgan fingerprint density at radius 1 is 1.15 bits per heavy atom. The quantitative estimate of drug-likeness (QED) is 0.511. The molecule has 0 fully saturated rings. The van der Waals surface area contributed by atoms with Gasteiger partial charge in [0, 0.05) is 11.3 Å². The molecule has 136 valence electrons. The van der Waals surface area contributed by atoms with Crippen molar-refractivity contribution in [3.05, 3.63) is 84.6 Å². The van der Waals surface area contributed by atoms with E-state index in [1.54, 1.807) is 55.7 Å². The van der Waals surface area contributed by atoms with Gasteiger partial charge < -0.3 is 10.5 Å². The molecule has 2 N–H and O–H groups in total. The summed E-state index contributed by atoms with van der Waals surface area (Å²) in [7, 11) is 1.57. The molecule has 0 aliphatic carbocycles. The van der Waals surface area contributed by atoms with Crippen LogP contribution in [0.2, 0.25) is 0 Å². The minimum atomic E-state index is -3.27. The molecule has 0 atom stereocenters. The highest BCUT2D eigenvalue weighted by atomic mass is 19.3. The normalized spacial score (nSPS) is 12.7. The number of alkyl halides is 2. The predicted molar refractivity (Wildman–Crippen MR) is 102 cm³/mol. The molecule has 0 radical (unpaired) electrons. The minimum absolute atomic E-state index is 0.152. The van der Waals surface area contributed by atoms with Crippen LogP contribution in [0.1, 0.15) is 18.4 Å². The Kier molecular flexibility index (Phi) is 6.67. The maximum Gasteiger partial charge on any atom is 0.312 e. The van der Waals surface area contributed by atoms with Crippen LogP contribution in [0.5, 0.6) is 5.75 Å². The zero-order valence-electron chi connectivity index (χ0n) is 14.7. The molecule has 0 aliphatic heterocycles. The number of hydrogen-bond acceptors (Lipinski definition) is 3. The average Bonchev–Trinajstić information content (AvgIpc) is 2.67. The third-order valence-corrected chi connectivity index (χ3v) is 3.77. The van der Waals surface area contributed by atoms with Gasteiger partial charge in [0.1, 0.15) is 5.75 Å². The smallest absolute Gasteiger partial charge is 0.312 e. The van der Waals surface area contributed by atoms with Crippen LogP contribution in [-0.4, -0.2) is 12.8 Å². The molecule has 2 rings (SSSR count). The third-order valence-electron chi connectivity index (χ3n) is 3.77. The van der Waals surface area contributed by atoms with Gasteiger partial charge in [-0.1, -0.05) is 36.4 Å². The molecular formula is C21H22F2N2O. The Morgan fingerprint density at radius 2 is 1.81 bits per heavy atom. The van der Waals surface area contributed by atoms with Gasteiger partial charge >= 0.3 is 5.92 Å². The Balaban J connectivity index is 2.34. The Bertz CT molecular complexity index is 781. The molecule has 0 bridgehead atoms. The SMILES string of the molecule is C=CCCC(/C=C(\N)C(F)(F)c1ccccc1)=Nc1ccc(OC)cc1. The van der Waals surface area contributed by atoms with Gasteiger partial charge in [0.05, 0.1) is 18.5 Å². The number of benzene rings is 2. The molecule has 0 amide bonds. The molecule has 2 aromatic carbocycles. The maximum absolute atomic E-state index is 14.6. The predicted octanol–water partition coefficient (Wildman–Crippen LogP) is 5.37. The first kappa shape index (κ1) is 19.4. The number of aliphatic imine (C=N–C) groups is 1. The Morgan fingerprint density at radius 3 is 2.38 bits per heavy atom. The van der Waals surface area contributed by atoms with E-state index in [0.717, 1.165) is 0 Å². The first-order valence-electron chi connectivity index (χ1n) is 8.21. The van der Waals surface area contributed by atoms with E-state index in [1.807, 2.05) is 0 Å². The molecular weight excluding hydrogens is 334 g/mol. The first-order chi connectivity index (χ1) is 12.5. The lowest BCUT2D eigenvalue weighted by Crippen LogP contribution is -2.24. The maximum atomic E-state index is 14.6. The third kappa shape index (κ3) is 5.02. The fourth-order valence-electron chi connectivity index (χ4n) is 2.32. The molecule has 0 heterocycles. The standard InChI is InChI=1S/C21H22F2N2O/c1-3-4-10-18(25-17-11-13-19(26-2)14-12-17)15-20(24)21(22,23)16-8-6-5-7-9-16/h3,5-9,11-15H,1,4,10,24H2,2H3/b20-15-,25-18?. The van der Waals surface area contributed by atoms with Crippen molar-refractivity contribution in [3.63, 3.8) is 0 Å². The summed E-state index contributed by atoms with van der Waals surface area (Å²) in [5.41, 5.74) is 6.14. The van der Waals surface area contributed by atoms with Gasteiger partial charge in [-0.2, -0.15) is 8.78 Å². The van der Waals surface area contributed by atoms with Crippen molar-refractivity contribution in [2.75, 3.05) is 7.11 Å². The van der Waals surface area contributed by atoms with Gasteiger partial charge in [0.15, 0.2) is 0 Å². The number of rotatable bonds is 8. The second-order valence-electron chi connectivity index (χ2n) is 5.67. The summed E-state index contributed by atoms with van der Waals surface area (Å²) >= 11 is 0. The van der Waals surface area contributed by atoms with E-state index in [9.17, 15) is 8.78 Å². The van der Waals surface area contributed by atoms with Crippen LogP contribution in [-0.2, 0) is 5.92 Å². The Hall–Kier alpha value is -2.95. The van der Waals surface area contributed by atoms with E-state index in [0.29, 0.717) is 30.0 Å². The second-order valence-corrected chi connectivity index (χ2v) is 5.67. The number of hydrogen-bond donors (Lipinski definition) is 1. The highest BCUT2D eigenvalue weighted by Crippen LogP contribution is 2.33. The van der Waals surface area contributed by atoms with Gasteiger partial charge in [-0.15, -0.1) is 6.58 Å². The van der Waals surface area contributed by atoms with E-state index in [1.165, 1.54) is 18.2 Å². The second kappa shape index (κ2) is 8.94. The molecule has 0 saturated carbocycles. The van der Waals surface area contributed by atoms with Gasteiger partial charge in [-0.05, 0) is 43.2 Å². The van der Waals surface area contributed by atoms with Crippen molar-refractivity contribution in [1.82, 2.24) is 0 Å². The molecule has 2 aromatic rings. The molecule has 3 nitrogen and oxygen atoms in total. The summed E-state index contributed by atoms with van der Waals surface area (Å²) < 4.78 is 34.3. The minimum Gasteiger partial charge on any atom is -0.497 e. The van der Waals surface area contributed by atoms with E-state index < -0.39 is 11.6 Å². The van der Waals surface area contributed by atoms with Crippen molar-refractivity contribution in [2.24, 2.45) is 10.7 Å². The number of allylic oxidation sites excluding steroid dienone is 3. The molecule has 26 heavy (non-hydrogen) atoms. The molecule has 0 unspecified atom stereocenters. The summed E-state index contributed by atoms with van der Waals surface area (Å²) in [6, 6.07) is 14.5. The monoisotopic (exact) mass is 356 g/mol. The van der Waals surface area contributed by atoms with Crippen molar-refractivity contribution < 1.29 is 13.5 Å². The lowest BCUT2D eigenvalue weighted by molar-refractivity contribution is 0.0364. The van der Waals surface area contributed by atoms with Crippen LogP contribution >= 0.6 is 0 Å². The number of halogens is 2. The number of ether oxygens (including phenoxy) is 1. The number of nitrogens with two attached hydrogens (primary N) is 1. The van der Waals surface area contributed by atoms with Gasteiger partial charge in [0.25, 0.3) is 0 Å². The zero-order chi connectivity index (χ0) is 19.0. The molecule has 0 spiro atoms. The van der Waals surface area contributed by atoms with Crippen molar-refractivity contribution in [3.8, 4) is 5.75 Å². The highest BCUT2D eigenvalue weighted by Gasteiger charge is 2.34. The fraction of sp³-hybridized carbons (Fsp3) is 0.190. The van der Waals surface area contributed by atoms with Gasteiger partial charge in [0.2, 0.25) is 0 Å². The van der Waals surface area contributed by atoms with Crippen LogP contribution in [0.15, 0.2) is 84.0 Å². The summed E-state index contributed by atoms with van der Waals surface area (Å²) in [6.07, 6.45) is 4.03. The Labute approximate surface area is 152 Å². The average molecular weight is 356 g/mol. The van der Waals surface area contributed by atoms with Gasteiger partial charge in [-0.3, -0.25) is 4.99 Å². The van der Waals surface area contributed by atoms with E-state index in [4.69, 9.17) is 10.5 Å². The van der Waals surface area contributed by atoms with Crippen LogP contribution in [0.4, 0.5) is 14.5 Å². The van der Waals surface area contributed by atoms with E-state index in [2.05, 4.69) is 11.6 Å². The van der Waals surface area contributed by atoms with Crippen molar-refractivity contribution >= 4 is 11.4 Å². The number of methoxy groups -OCH3 is 1.